The van der Waals surface area contributed by atoms with E-state index in [0.717, 1.165) is 21.8 Å². The fourth-order valence-corrected chi connectivity index (χ4v) is 5.88. The molecule has 0 saturated carbocycles. The number of nitrogens with zero attached hydrogens (tertiary/aromatic N) is 2. The molecule has 0 aliphatic carbocycles. The molecule has 4 heterocycles. The zero-order chi connectivity index (χ0) is 26.3. The summed E-state index contributed by atoms with van der Waals surface area (Å²) >= 11 is 2.25. The van der Waals surface area contributed by atoms with Crippen LogP contribution in [0, 0.1) is 6.92 Å². The minimum absolute atomic E-state index is 0.00564. The Labute approximate surface area is 217 Å². The Kier molecular flexibility index (Phi) is 6.61. The Morgan fingerprint density at radius 2 is 1.95 bits per heavy atom. The third-order valence-electron chi connectivity index (χ3n) is 5.77. The van der Waals surface area contributed by atoms with Crippen molar-refractivity contribution in [3.63, 3.8) is 0 Å². The molecule has 37 heavy (non-hydrogen) atoms. The van der Waals surface area contributed by atoms with Gasteiger partial charge in [-0.2, -0.15) is 0 Å². The summed E-state index contributed by atoms with van der Waals surface area (Å²) in [6.45, 7) is 1.89. The third-order valence-corrected chi connectivity index (χ3v) is 7.90. The van der Waals surface area contributed by atoms with Crippen molar-refractivity contribution >= 4 is 56.1 Å². The van der Waals surface area contributed by atoms with Crippen molar-refractivity contribution < 1.29 is 27.9 Å². The number of nitrogens with two attached hydrogens (primary N) is 1. The minimum atomic E-state index is -2.82. The van der Waals surface area contributed by atoms with Gasteiger partial charge in [0, 0.05) is 27.1 Å². The number of nitrogens with one attached hydrogen (secondary N) is 1. The topological polar surface area (TPSA) is 116 Å². The summed E-state index contributed by atoms with van der Waals surface area (Å²) in [6.07, 6.45) is -3.59. The first-order valence-electron chi connectivity index (χ1n) is 11.0. The molecule has 5 rings (SSSR count). The predicted molar refractivity (Wildman–Crippen MR) is 139 cm³/mol. The van der Waals surface area contributed by atoms with Gasteiger partial charge in [0.1, 0.15) is 21.2 Å². The third kappa shape index (κ3) is 4.77. The quantitative estimate of drug-likeness (QED) is 0.320. The van der Waals surface area contributed by atoms with Gasteiger partial charge in [-0.1, -0.05) is 5.16 Å². The number of oxime groups is 1. The van der Waals surface area contributed by atoms with Gasteiger partial charge in [0.25, 0.3) is 18.2 Å². The van der Waals surface area contributed by atoms with E-state index in [-0.39, 0.29) is 21.8 Å². The first-order valence-corrected chi connectivity index (χ1v) is 12.7. The first kappa shape index (κ1) is 24.8. The number of pyridine rings is 1. The molecular weight excluding hydrogens is 522 g/mol. The summed E-state index contributed by atoms with van der Waals surface area (Å²) in [5.41, 5.74) is 7.07. The lowest BCUT2D eigenvalue weighted by molar-refractivity contribution is -0.125. The second-order valence-corrected chi connectivity index (χ2v) is 10.5. The number of benzene rings is 1. The van der Waals surface area contributed by atoms with Gasteiger partial charge < -0.3 is 20.6 Å². The van der Waals surface area contributed by atoms with Crippen LogP contribution in [-0.4, -0.2) is 35.7 Å². The Balaban J connectivity index is 1.50. The van der Waals surface area contributed by atoms with E-state index in [2.05, 4.69) is 15.5 Å². The first-order chi connectivity index (χ1) is 17.7. The maximum Gasteiger partial charge on any atom is 0.280 e. The van der Waals surface area contributed by atoms with E-state index in [1.54, 1.807) is 37.4 Å². The van der Waals surface area contributed by atoms with Crippen molar-refractivity contribution in [2.24, 2.45) is 10.9 Å². The summed E-state index contributed by atoms with van der Waals surface area (Å²) in [6, 6.07) is 12.1. The number of alkyl halides is 2. The SMILES string of the molecule is COc1ccc(C2=NOC(C(=O)Nc3c(C(N)=O)sc4nc(C(F)F)cc(-c5ccc(C)s5)c34)C2)cc1. The maximum absolute atomic E-state index is 13.6. The zero-order valence-corrected chi connectivity index (χ0v) is 21.2. The molecule has 3 aromatic heterocycles. The molecular formula is C25H20F2N4O4S2. The van der Waals surface area contributed by atoms with Crippen molar-refractivity contribution in [2.75, 3.05) is 12.4 Å². The number of hydrogen-bond donors (Lipinski definition) is 2. The van der Waals surface area contributed by atoms with Crippen LogP contribution in [-0.2, 0) is 9.63 Å². The number of carbonyl (C=O) groups is 2. The van der Waals surface area contributed by atoms with Crippen LogP contribution in [0.15, 0.2) is 47.6 Å². The molecule has 1 aliphatic rings. The van der Waals surface area contributed by atoms with Crippen LogP contribution in [0.2, 0.25) is 0 Å². The summed E-state index contributed by atoms with van der Waals surface area (Å²) in [4.78, 5) is 36.8. The van der Waals surface area contributed by atoms with E-state index in [9.17, 15) is 18.4 Å². The number of rotatable bonds is 7. The largest absolute Gasteiger partial charge is 0.497 e. The number of fused-ring (bicyclic) bond motifs is 1. The van der Waals surface area contributed by atoms with Gasteiger partial charge in [-0.15, -0.1) is 22.7 Å². The summed E-state index contributed by atoms with van der Waals surface area (Å²) in [5.74, 6) is -0.686. The van der Waals surface area contributed by atoms with Crippen LogP contribution >= 0.6 is 22.7 Å². The molecule has 0 saturated heterocycles. The van der Waals surface area contributed by atoms with E-state index in [1.807, 2.05) is 13.0 Å². The van der Waals surface area contributed by atoms with Crippen LogP contribution in [0.3, 0.4) is 0 Å². The number of carbonyl (C=O) groups excluding carboxylic acids is 2. The number of primary amides is 1. The molecule has 1 unspecified atom stereocenters. The van der Waals surface area contributed by atoms with Crippen molar-refractivity contribution in [1.29, 1.82) is 0 Å². The van der Waals surface area contributed by atoms with E-state index in [0.29, 0.717) is 27.3 Å². The Hall–Kier alpha value is -3.90. The van der Waals surface area contributed by atoms with Crippen LogP contribution < -0.4 is 15.8 Å². The van der Waals surface area contributed by atoms with Crippen LogP contribution in [0.25, 0.3) is 20.7 Å². The van der Waals surface area contributed by atoms with Crippen molar-refractivity contribution in [1.82, 2.24) is 4.98 Å². The van der Waals surface area contributed by atoms with Gasteiger partial charge in [-0.05, 0) is 55.0 Å². The van der Waals surface area contributed by atoms with Gasteiger partial charge in [0.15, 0.2) is 0 Å². The molecule has 1 atom stereocenters. The highest BCUT2D eigenvalue weighted by atomic mass is 32.1. The van der Waals surface area contributed by atoms with Crippen molar-refractivity contribution in [2.45, 2.75) is 25.9 Å². The van der Waals surface area contributed by atoms with Gasteiger partial charge in [-0.3, -0.25) is 9.59 Å². The molecule has 1 aliphatic heterocycles. The van der Waals surface area contributed by atoms with Crippen LogP contribution in [0.4, 0.5) is 14.5 Å². The molecule has 0 radical (unpaired) electrons. The lowest BCUT2D eigenvalue weighted by Crippen LogP contribution is -2.29. The second kappa shape index (κ2) is 9.87. The molecule has 0 bridgehead atoms. The maximum atomic E-state index is 13.6. The van der Waals surface area contributed by atoms with E-state index < -0.39 is 30.0 Å². The van der Waals surface area contributed by atoms with Crippen LogP contribution in [0.5, 0.6) is 5.75 Å². The fourth-order valence-electron chi connectivity index (χ4n) is 3.97. The Morgan fingerprint density at radius 1 is 1.19 bits per heavy atom. The van der Waals surface area contributed by atoms with Crippen molar-refractivity contribution in [3.05, 3.63) is 63.5 Å². The van der Waals surface area contributed by atoms with E-state index >= 15 is 0 Å². The smallest absolute Gasteiger partial charge is 0.280 e. The predicted octanol–water partition coefficient (Wildman–Crippen LogP) is 5.51. The number of halogens is 2. The molecule has 3 N–H and O–H groups in total. The summed E-state index contributed by atoms with van der Waals surface area (Å²) in [5, 5.41) is 7.15. The van der Waals surface area contributed by atoms with Gasteiger partial charge >= 0.3 is 0 Å². The van der Waals surface area contributed by atoms with Crippen LogP contribution in [0.1, 0.15) is 38.7 Å². The monoisotopic (exact) mass is 542 g/mol. The molecule has 1 aromatic carbocycles. The molecule has 0 spiro atoms. The number of hydrogen-bond acceptors (Lipinski definition) is 8. The Morgan fingerprint density at radius 3 is 2.57 bits per heavy atom. The average molecular weight is 543 g/mol. The number of ether oxygens (including phenoxy) is 1. The average Bonchev–Trinajstić information content (AvgIpc) is 3.62. The molecule has 0 fully saturated rings. The zero-order valence-electron chi connectivity index (χ0n) is 19.6. The highest BCUT2D eigenvalue weighted by molar-refractivity contribution is 7.21. The molecule has 12 heteroatoms. The van der Waals surface area contributed by atoms with Crippen molar-refractivity contribution in [3.8, 4) is 16.2 Å². The standard InChI is InChI=1S/C25H20F2N4O4S2/c1-11-3-8-18(36-11)14-9-16(22(26)27)29-25-19(14)20(21(37-25)23(28)32)30-24(33)17-10-15(31-35-17)12-4-6-13(34-2)7-5-12/h3-9,17,22H,10H2,1-2H3,(H2,28,32)(H,30,33). The lowest BCUT2D eigenvalue weighted by atomic mass is 10.0. The number of amides is 2. The summed E-state index contributed by atoms with van der Waals surface area (Å²) < 4.78 is 32.4. The molecule has 2 amide bonds. The second-order valence-electron chi connectivity index (χ2n) is 8.21. The normalized spacial score (nSPS) is 15.1. The lowest BCUT2D eigenvalue weighted by Gasteiger charge is -2.12. The number of anilines is 1. The molecule has 190 valence electrons. The van der Waals surface area contributed by atoms with E-state index in [1.165, 1.54) is 17.4 Å². The molecule has 4 aromatic rings. The number of methoxy groups -OCH3 is 1. The summed E-state index contributed by atoms with van der Waals surface area (Å²) in [7, 11) is 1.56. The molecule has 8 nitrogen and oxygen atoms in total. The van der Waals surface area contributed by atoms with Gasteiger partial charge in [0.05, 0.1) is 18.5 Å². The minimum Gasteiger partial charge on any atom is -0.497 e. The Bertz CT molecular complexity index is 1550. The van der Waals surface area contributed by atoms with Gasteiger partial charge in [-0.25, -0.2) is 13.8 Å². The number of aryl methyl sites for hydroxylation is 1. The fraction of sp³-hybridized carbons (Fsp3) is 0.200. The van der Waals surface area contributed by atoms with Gasteiger partial charge in [0.2, 0.25) is 6.10 Å². The highest BCUT2D eigenvalue weighted by Crippen LogP contribution is 2.44. The number of thiophene rings is 2. The van der Waals surface area contributed by atoms with E-state index in [4.69, 9.17) is 15.3 Å². The number of aromatic nitrogens is 1. The highest BCUT2D eigenvalue weighted by Gasteiger charge is 2.32.